The first-order valence-electron chi connectivity index (χ1n) is 10.9. The van der Waals surface area contributed by atoms with Crippen molar-refractivity contribution in [1.29, 1.82) is 0 Å². The van der Waals surface area contributed by atoms with Gasteiger partial charge < -0.3 is 15.2 Å². The van der Waals surface area contributed by atoms with E-state index in [1.807, 2.05) is 40.3 Å². The van der Waals surface area contributed by atoms with Gasteiger partial charge in [0, 0.05) is 35.9 Å². The van der Waals surface area contributed by atoms with E-state index in [0.29, 0.717) is 6.54 Å². The third-order valence-corrected chi connectivity index (χ3v) is 6.49. The summed E-state index contributed by atoms with van der Waals surface area (Å²) in [6.07, 6.45) is 7.33. The van der Waals surface area contributed by atoms with E-state index >= 15 is 0 Å². The Bertz CT molecular complexity index is 1160. The van der Waals surface area contributed by atoms with E-state index in [-0.39, 0.29) is 23.7 Å². The van der Waals surface area contributed by atoms with Gasteiger partial charge in [0.1, 0.15) is 16.1 Å². The summed E-state index contributed by atoms with van der Waals surface area (Å²) in [6, 6.07) is 10.0. The van der Waals surface area contributed by atoms with Gasteiger partial charge in [-0.15, -0.1) is 11.3 Å². The molecular formula is C24H26N4O3S. The number of benzene rings is 1. The van der Waals surface area contributed by atoms with Crippen LogP contribution in [0.3, 0.4) is 0 Å². The molecule has 2 heterocycles. The van der Waals surface area contributed by atoms with Crippen molar-refractivity contribution in [1.82, 2.24) is 20.2 Å². The maximum Gasteiger partial charge on any atom is 0.257 e. The minimum absolute atomic E-state index is 0.00649. The minimum atomic E-state index is -0.549. The van der Waals surface area contributed by atoms with Crippen LogP contribution < -0.4 is 16.1 Å². The highest BCUT2D eigenvalue weighted by molar-refractivity contribution is 7.09. The first-order chi connectivity index (χ1) is 15.6. The summed E-state index contributed by atoms with van der Waals surface area (Å²) in [5.74, 6) is -0.948. The molecule has 0 radical (unpaired) electrons. The number of rotatable bonds is 7. The fourth-order valence-electron chi connectivity index (χ4n) is 3.97. The summed E-state index contributed by atoms with van der Waals surface area (Å²) < 4.78 is 1.87. The number of hydrogen-bond acceptors (Lipinski definition) is 5. The first kappa shape index (κ1) is 22.0. The van der Waals surface area contributed by atoms with Gasteiger partial charge in [-0.1, -0.05) is 43.2 Å². The molecule has 0 spiro atoms. The van der Waals surface area contributed by atoms with E-state index in [9.17, 15) is 14.4 Å². The highest BCUT2D eigenvalue weighted by Gasteiger charge is 2.23. The minimum Gasteiger partial charge on any atom is -0.352 e. The Hall–Kier alpha value is -3.26. The lowest BCUT2D eigenvalue weighted by Crippen LogP contribution is -2.35. The van der Waals surface area contributed by atoms with Gasteiger partial charge in [0.25, 0.3) is 11.8 Å². The molecule has 1 fully saturated rings. The Kier molecular flexibility index (Phi) is 6.80. The molecule has 3 aromatic rings. The SMILES string of the molecule is CCNC(=O)c1cn(C2CCCC2)cc(C(=O)NCc2nc(-c3ccccc3)cs2)c1=O. The number of hydrogen-bond donors (Lipinski definition) is 2. The lowest BCUT2D eigenvalue weighted by molar-refractivity contribution is 0.0948. The average molecular weight is 451 g/mol. The van der Waals surface area contributed by atoms with E-state index in [2.05, 4.69) is 15.6 Å². The molecule has 0 atom stereocenters. The Balaban J connectivity index is 1.55. The van der Waals surface area contributed by atoms with Gasteiger partial charge in [-0.05, 0) is 19.8 Å². The van der Waals surface area contributed by atoms with Crippen LogP contribution in [0, 0.1) is 0 Å². The Morgan fingerprint density at radius 1 is 1.06 bits per heavy atom. The van der Waals surface area contributed by atoms with Gasteiger partial charge in [-0.2, -0.15) is 0 Å². The molecule has 1 aliphatic rings. The van der Waals surface area contributed by atoms with Crippen molar-refractivity contribution < 1.29 is 9.59 Å². The zero-order valence-electron chi connectivity index (χ0n) is 18.0. The van der Waals surface area contributed by atoms with E-state index < -0.39 is 17.2 Å². The molecule has 1 aromatic carbocycles. The van der Waals surface area contributed by atoms with Crippen LogP contribution in [0.5, 0.6) is 0 Å². The topological polar surface area (TPSA) is 93.1 Å². The molecule has 166 valence electrons. The quantitative estimate of drug-likeness (QED) is 0.573. The Morgan fingerprint density at radius 2 is 1.72 bits per heavy atom. The fourth-order valence-corrected chi connectivity index (χ4v) is 4.72. The van der Waals surface area contributed by atoms with E-state index in [0.717, 1.165) is 41.9 Å². The zero-order valence-corrected chi connectivity index (χ0v) is 18.8. The van der Waals surface area contributed by atoms with Crippen LogP contribution in [0.1, 0.15) is 64.4 Å². The van der Waals surface area contributed by atoms with Gasteiger partial charge in [-0.25, -0.2) is 4.98 Å². The highest BCUT2D eigenvalue weighted by atomic mass is 32.1. The predicted octanol–water partition coefficient (Wildman–Crippen LogP) is 3.77. The Morgan fingerprint density at radius 3 is 2.38 bits per heavy atom. The van der Waals surface area contributed by atoms with E-state index in [4.69, 9.17) is 0 Å². The molecule has 1 saturated carbocycles. The van der Waals surface area contributed by atoms with Crippen LogP contribution in [0.15, 0.2) is 52.9 Å². The first-order valence-corrected chi connectivity index (χ1v) is 11.8. The van der Waals surface area contributed by atoms with Crippen molar-refractivity contribution in [2.75, 3.05) is 6.54 Å². The largest absolute Gasteiger partial charge is 0.352 e. The molecular weight excluding hydrogens is 424 g/mol. The third kappa shape index (κ3) is 4.80. The number of nitrogens with zero attached hydrogens (tertiary/aromatic N) is 2. The van der Waals surface area contributed by atoms with Crippen LogP contribution in [-0.4, -0.2) is 27.9 Å². The average Bonchev–Trinajstić information content (AvgIpc) is 3.51. The summed E-state index contributed by atoms with van der Waals surface area (Å²) in [6.45, 7) is 2.41. The molecule has 0 saturated heterocycles. The number of carbonyl (C=O) groups excluding carboxylic acids is 2. The molecule has 0 unspecified atom stereocenters. The molecule has 0 bridgehead atoms. The van der Waals surface area contributed by atoms with Crippen molar-refractivity contribution in [3.8, 4) is 11.3 Å². The summed E-state index contributed by atoms with van der Waals surface area (Å²) in [7, 11) is 0. The second-order valence-corrected chi connectivity index (χ2v) is 8.78. The number of pyridine rings is 1. The van der Waals surface area contributed by atoms with Gasteiger partial charge in [0.05, 0.1) is 12.2 Å². The van der Waals surface area contributed by atoms with Crippen molar-refractivity contribution in [3.05, 3.63) is 74.5 Å². The summed E-state index contributed by atoms with van der Waals surface area (Å²) in [5, 5.41) is 8.16. The molecule has 2 amide bonds. The number of aromatic nitrogens is 2. The lowest BCUT2D eigenvalue weighted by atomic mass is 10.1. The molecule has 2 aromatic heterocycles. The monoisotopic (exact) mass is 450 g/mol. The molecule has 4 rings (SSSR count). The maximum absolute atomic E-state index is 12.9. The predicted molar refractivity (Wildman–Crippen MR) is 125 cm³/mol. The van der Waals surface area contributed by atoms with Crippen LogP contribution in [0.4, 0.5) is 0 Å². The normalized spacial score (nSPS) is 13.8. The van der Waals surface area contributed by atoms with Crippen LogP contribution >= 0.6 is 11.3 Å². The highest BCUT2D eigenvalue weighted by Crippen LogP contribution is 2.29. The van der Waals surface area contributed by atoms with E-state index in [1.54, 1.807) is 19.3 Å². The standard InChI is InChI=1S/C24H26N4O3S/c1-2-25-23(30)18-13-28(17-10-6-7-11-17)14-19(22(18)29)24(31)26-12-21-27-20(15-32-21)16-8-4-3-5-9-16/h3-5,8-9,13-15,17H,2,6-7,10-12H2,1H3,(H,25,30)(H,26,31). The third-order valence-electron chi connectivity index (χ3n) is 5.64. The van der Waals surface area contributed by atoms with Crippen molar-refractivity contribution >= 4 is 23.2 Å². The molecule has 7 nitrogen and oxygen atoms in total. The van der Waals surface area contributed by atoms with Crippen molar-refractivity contribution in [3.63, 3.8) is 0 Å². The van der Waals surface area contributed by atoms with E-state index in [1.165, 1.54) is 11.3 Å². The summed E-state index contributed by atoms with van der Waals surface area (Å²) >= 11 is 1.45. The second-order valence-electron chi connectivity index (χ2n) is 7.83. The summed E-state index contributed by atoms with van der Waals surface area (Å²) in [5.41, 5.74) is 1.30. The smallest absolute Gasteiger partial charge is 0.257 e. The van der Waals surface area contributed by atoms with Crippen molar-refractivity contribution in [2.45, 2.75) is 45.2 Å². The fraction of sp³-hybridized carbons (Fsp3) is 0.333. The summed E-state index contributed by atoms with van der Waals surface area (Å²) in [4.78, 5) is 42.9. The second kappa shape index (κ2) is 9.91. The van der Waals surface area contributed by atoms with Gasteiger partial charge in [0.2, 0.25) is 5.43 Å². The zero-order chi connectivity index (χ0) is 22.5. The van der Waals surface area contributed by atoms with Crippen LogP contribution in [0.25, 0.3) is 11.3 Å². The number of nitrogens with one attached hydrogen (secondary N) is 2. The molecule has 1 aliphatic carbocycles. The van der Waals surface area contributed by atoms with Crippen molar-refractivity contribution in [2.24, 2.45) is 0 Å². The number of amides is 2. The lowest BCUT2D eigenvalue weighted by Gasteiger charge is -2.17. The molecule has 0 aliphatic heterocycles. The van der Waals surface area contributed by atoms with Gasteiger partial charge in [-0.3, -0.25) is 14.4 Å². The Labute approximate surface area is 190 Å². The maximum atomic E-state index is 12.9. The molecule has 2 N–H and O–H groups in total. The molecule has 8 heteroatoms. The van der Waals surface area contributed by atoms with Gasteiger partial charge >= 0.3 is 0 Å². The number of carbonyl (C=O) groups is 2. The number of thiazole rings is 1. The van der Waals surface area contributed by atoms with Crippen LogP contribution in [0.2, 0.25) is 0 Å². The van der Waals surface area contributed by atoms with Gasteiger partial charge in [0.15, 0.2) is 0 Å². The molecule has 32 heavy (non-hydrogen) atoms. The van der Waals surface area contributed by atoms with Crippen LogP contribution in [-0.2, 0) is 6.54 Å².